The van der Waals surface area contributed by atoms with Gasteiger partial charge in [0.05, 0.1) is 4.92 Å². The fraction of sp³-hybridized carbons (Fsp3) is 0.111. The van der Waals surface area contributed by atoms with Crippen molar-refractivity contribution in [3.63, 3.8) is 0 Å². The van der Waals surface area contributed by atoms with Gasteiger partial charge in [0.15, 0.2) is 11.5 Å². The topological polar surface area (TPSA) is 268 Å². The van der Waals surface area contributed by atoms with Crippen LogP contribution in [-0.2, 0) is 10.5 Å². The van der Waals surface area contributed by atoms with E-state index in [1.165, 1.54) is 103 Å². The number of hydrogen-bond acceptors (Lipinski definition) is 15. The Labute approximate surface area is 349 Å². The molecule has 1 aliphatic rings. The summed E-state index contributed by atoms with van der Waals surface area (Å²) >= 11 is 0. The molecule has 5 aromatic carbocycles. The third-order valence-corrected chi connectivity index (χ3v) is 11.1. The first-order valence-corrected chi connectivity index (χ1v) is 18.7. The van der Waals surface area contributed by atoms with Crippen molar-refractivity contribution >= 4 is 45.9 Å². The third-order valence-electron chi connectivity index (χ3n) is 11.1. The second kappa shape index (κ2) is 14.9. The normalized spacial score (nSPS) is 23.0. The number of nitro groups is 1. The van der Waals surface area contributed by atoms with E-state index in [9.17, 15) is 25.4 Å². The molecular weight excluding hydrogens is 801 g/mol. The summed E-state index contributed by atoms with van der Waals surface area (Å²) in [5.41, 5.74) is -19.8. The van der Waals surface area contributed by atoms with Gasteiger partial charge in [-0.15, -0.1) is 0 Å². The van der Waals surface area contributed by atoms with Gasteiger partial charge in [-0.1, -0.05) is 152 Å². The van der Waals surface area contributed by atoms with E-state index >= 15 is 24.0 Å². The molecule has 2 aromatic heterocycles. The van der Waals surface area contributed by atoms with E-state index in [1.54, 1.807) is 0 Å². The van der Waals surface area contributed by atoms with Gasteiger partial charge in [-0.3, -0.25) is 38.7 Å². The van der Waals surface area contributed by atoms with Crippen LogP contribution in [0.1, 0.15) is 51.8 Å². The number of hydrogen-bond donors (Lipinski definition) is 4. The zero-order valence-electron chi connectivity index (χ0n) is 32.0. The van der Waals surface area contributed by atoms with Gasteiger partial charge >= 0.3 is 5.72 Å². The molecule has 0 bridgehead atoms. The lowest BCUT2D eigenvalue weighted by Gasteiger charge is -2.46. The second-order valence-electron chi connectivity index (χ2n) is 14.3. The number of Topliss-reactive ketones (excluding diaryl/α,β-unsaturated/α-hetero) is 5. The molecule has 1 fully saturated rings. The Bertz CT molecular complexity index is 2920. The van der Waals surface area contributed by atoms with Crippen LogP contribution in [0, 0.1) is 10.1 Å². The highest BCUT2D eigenvalue weighted by molar-refractivity contribution is 6.24. The molecule has 0 amide bonds. The molecule has 5 atom stereocenters. The van der Waals surface area contributed by atoms with Crippen LogP contribution >= 0.6 is 0 Å². The first kappa shape index (κ1) is 40.8. The minimum atomic E-state index is -4.73. The standard InChI is InChI=1S/C45H32N6O11/c46-39-33-40(48-26-47-39)50(27-49-33)45(38(56)32-24-14-5-15-25-32)42(58,35(53)29-18-8-2-9-19-29)41(57,34(52)28-16-6-1-7-17-28)43(62-45,36(54)30-20-10-3-11-21-30)44(59,51(60)61)37(55)31-22-12-4-13-23-31/h1-27,57-59H,(H2,46,47,48)/t41-,42+,43-,44?,45+/m0/s1. The highest BCUT2D eigenvalue weighted by Crippen LogP contribution is 2.63. The number of nitrogens with zero attached hydrogens (tertiary/aromatic N) is 5. The largest absolute Gasteiger partial charge is 0.426 e. The fourth-order valence-corrected chi connectivity index (χ4v) is 8.17. The van der Waals surface area contributed by atoms with Crippen molar-refractivity contribution in [3.05, 3.63) is 202 Å². The van der Waals surface area contributed by atoms with E-state index in [1.807, 2.05) is 0 Å². The molecule has 1 aliphatic heterocycles. The highest BCUT2D eigenvalue weighted by atomic mass is 16.7. The predicted molar refractivity (Wildman–Crippen MR) is 217 cm³/mol. The second-order valence-corrected chi connectivity index (χ2v) is 14.3. The Kier molecular flexibility index (Phi) is 9.83. The minimum Gasteiger partial charge on any atom is -0.382 e. The molecule has 3 heterocycles. The molecule has 1 unspecified atom stereocenters. The SMILES string of the molecule is Nc1ncnc2c1ncn2[C@]1(C(=O)c2ccccc2)O[C@](C(=O)c2ccccc2)(C(O)(C(=O)c2ccccc2)[N+](=O)[O-])[C@](O)(C(=O)c2ccccc2)[C@]1(O)C(=O)c1ccccc1. The molecule has 17 heteroatoms. The van der Waals surface area contributed by atoms with Crippen molar-refractivity contribution in [2.45, 2.75) is 28.3 Å². The van der Waals surface area contributed by atoms with Crippen molar-refractivity contribution in [3.8, 4) is 0 Å². The minimum absolute atomic E-state index is 0.319. The fourth-order valence-electron chi connectivity index (χ4n) is 8.17. The number of ether oxygens (including phenoxy) is 1. The summed E-state index contributed by atoms with van der Waals surface area (Å²) in [5.74, 6) is -9.38. The zero-order chi connectivity index (χ0) is 44.1. The first-order valence-electron chi connectivity index (χ1n) is 18.7. The van der Waals surface area contributed by atoms with E-state index in [0.29, 0.717) is 4.57 Å². The Hall–Kier alpha value is -7.96. The van der Waals surface area contributed by atoms with Crippen LogP contribution in [0.25, 0.3) is 11.2 Å². The molecule has 5 N–H and O–H groups in total. The Balaban J connectivity index is 1.68. The van der Waals surface area contributed by atoms with Crippen LogP contribution in [-0.4, -0.2) is 91.2 Å². The highest BCUT2D eigenvalue weighted by Gasteiger charge is 2.97. The summed E-state index contributed by atoms with van der Waals surface area (Å²) in [6, 6.07) is 31.1. The van der Waals surface area contributed by atoms with E-state index < -0.39 is 95.6 Å². The summed E-state index contributed by atoms with van der Waals surface area (Å²) in [5, 5.41) is 55.4. The molecule has 17 nitrogen and oxygen atoms in total. The smallest absolute Gasteiger partial charge is 0.382 e. The maximum absolute atomic E-state index is 15.9. The molecule has 8 rings (SSSR count). The summed E-state index contributed by atoms with van der Waals surface area (Å²) in [4.78, 5) is 103. The van der Waals surface area contributed by atoms with Crippen molar-refractivity contribution in [1.29, 1.82) is 0 Å². The quantitative estimate of drug-likeness (QED) is 0.0559. The van der Waals surface area contributed by atoms with Gasteiger partial charge in [-0.25, -0.2) is 15.0 Å². The summed E-state index contributed by atoms with van der Waals surface area (Å²) < 4.78 is 7.18. The number of rotatable bonds is 13. The van der Waals surface area contributed by atoms with Crippen LogP contribution < -0.4 is 5.73 Å². The Morgan fingerprint density at radius 3 is 1.45 bits per heavy atom. The number of imidazole rings is 1. The summed E-state index contributed by atoms with van der Waals surface area (Å²) in [6.45, 7) is 0. The van der Waals surface area contributed by atoms with Crippen molar-refractivity contribution < 1.29 is 49.0 Å². The van der Waals surface area contributed by atoms with Crippen LogP contribution in [0.15, 0.2) is 164 Å². The third kappa shape index (κ3) is 5.36. The van der Waals surface area contributed by atoms with E-state index in [4.69, 9.17) is 10.5 Å². The van der Waals surface area contributed by atoms with Crippen LogP contribution in [0.4, 0.5) is 5.82 Å². The molecule has 0 saturated carbocycles. The number of anilines is 1. The van der Waals surface area contributed by atoms with Gasteiger partial charge in [0.2, 0.25) is 34.3 Å². The number of aliphatic hydroxyl groups is 3. The lowest BCUT2D eigenvalue weighted by atomic mass is 9.57. The van der Waals surface area contributed by atoms with Gasteiger partial charge in [-0.2, -0.15) is 0 Å². The molecule has 0 aliphatic carbocycles. The number of nitrogen functional groups attached to an aromatic ring is 1. The average Bonchev–Trinajstić information content (AvgIpc) is 3.84. The lowest BCUT2D eigenvalue weighted by molar-refractivity contribution is -0.626. The molecule has 1 saturated heterocycles. The number of benzene rings is 5. The van der Waals surface area contributed by atoms with Crippen LogP contribution in [0.5, 0.6) is 0 Å². The predicted octanol–water partition coefficient (Wildman–Crippen LogP) is 3.67. The molecule has 7 aromatic rings. The summed E-state index contributed by atoms with van der Waals surface area (Å²) in [6.07, 6.45) is 1.64. The van der Waals surface area contributed by atoms with Crippen LogP contribution in [0.2, 0.25) is 0 Å². The van der Waals surface area contributed by atoms with Crippen molar-refractivity contribution in [1.82, 2.24) is 19.5 Å². The van der Waals surface area contributed by atoms with E-state index in [2.05, 4.69) is 15.0 Å². The van der Waals surface area contributed by atoms with Gasteiger partial charge in [-0.05, 0) is 0 Å². The number of nitrogens with two attached hydrogens (primary N) is 1. The maximum Gasteiger partial charge on any atom is 0.426 e. The molecule has 0 radical (unpaired) electrons. The zero-order valence-corrected chi connectivity index (χ0v) is 32.0. The lowest BCUT2D eigenvalue weighted by Crippen LogP contribution is -2.82. The Morgan fingerprint density at radius 1 is 0.597 bits per heavy atom. The van der Waals surface area contributed by atoms with Gasteiger partial charge in [0.1, 0.15) is 18.2 Å². The van der Waals surface area contributed by atoms with Gasteiger partial charge in [0.25, 0.3) is 17.1 Å². The number of ketones is 5. The molecule has 308 valence electrons. The van der Waals surface area contributed by atoms with Gasteiger partial charge in [0, 0.05) is 27.8 Å². The first-order chi connectivity index (χ1) is 29.7. The molecule has 0 spiro atoms. The van der Waals surface area contributed by atoms with Crippen molar-refractivity contribution in [2.24, 2.45) is 0 Å². The van der Waals surface area contributed by atoms with E-state index in [-0.39, 0.29) is 11.3 Å². The van der Waals surface area contributed by atoms with Crippen LogP contribution in [0.3, 0.4) is 0 Å². The number of fused-ring (bicyclic) bond motifs is 1. The summed E-state index contributed by atoms with van der Waals surface area (Å²) in [7, 11) is 0. The van der Waals surface area contributed by atoms with Gasteiger partial charge < -0.3 is 25.8 Å². The number of carbonyl (C=O) groups is 5. The number of carbonyl (C=O) groups excluding carboxylic acids is 5. The number of aromatic nitrogens is 4. The molecule has 62 heavy (non-hydrogen) atoms. The molecular formula is C45H32N6O11. The average molecular weight is 833 g/mol. The monoisotopic (exact) mass is 832 g/mol. The van der Waals surface area contributed by atoms with Crippen molar-refractivity contribution in [2.75, 3.05) is 5.73 Å². The Morgan fingerprint density at radius 2 is 1.00 bits per heavy atom. The van der Waals surface area contributed by atoms with E-state index in [0.717, 1.165) is 61.2 Å². The maximum atomic E-state index is 15.9.